The smallest absolute Gasteiger partial charge is 0.264 e. The number of anilines is 1. The third kappa shape index (κ3) is 6.81. The van der Waals surface area contributed by atoms with Gasteiger partial charge in [0.15, 0.2) is 0 Å². The Balaban J connectivity index is 2.09. The minimum Gasteiger partial charge on any atom is -0.355 e. The fourth-order valence-electron chi connectivity index (χ4n) is 4.44. The number of carbonyl (C=O) groups is 2. The van der Waals surface area contributed by atoms with Crippen molar-refractivity contribution in [3.63, 3.8) is 0 Å². The Bertz CT molecular complexity index is 1370. The molecule has 0 saturated carbocycles. The summed E-state index contributed by atoms with van der Waals surface area (Å²) in [6.07, 6.45) is 0.387. The molecule has 2 amide bonds. The van der Waals surface area contributed by atoms with E-state index in [4.69, 9.17) is 0 Å². The molecule has 0 heterocycles. The van der Waals surface area contributed by atoms with Crippen LogP contribution in [0.1, 0.15) is 42.5 Å². The summed E-state index contributed by atoms with van der Waals surface area (Å²) in [4.78, 5) is 28.6. The van der Waals surface area contributed by atoms with Gasteiger partial charge in [0, 0.05) is 13.1 Å². The van der Waals surface area contributed by atoms with Crippen molar-refractivity contribution >= 4 is 27.5 Å². The van der Waals surface area contributed by atoms with Crippen LogP contribution >= 0.6 is 0 Å². The SMILES string of the molecule is CCNC(=O)[C@@H](CC)N(Cc1cccc(C)c1)C(=O)CN(c1cc(C)ccc1C)S(=O)(=O)c1ccccc1. The van der Waals surface area contributed by atoms with Gasteiger partial charge in [0.1, 0.15) is 12.6 Å². The first-order chi connectivity index (χ1) is 18.1. The highest BCUT2D eigenvalue weighted by atomic mass is 32.2. The van der Waals surface area contributed by atoms with Crippen molar-refractivity contribution in [2.45, 2.75) is 58.5 Å². The van der Waals surface area contributed by atoms with Gasteiger partial charge in [-0.25, -0.2) is 8.42 Å². The molecule has 0 spiro atoms. The molecule has 3 rings (SSSR count). The Morgan fingerprint density at radius 2 is 1.55 bits per heavy atom. The first kappa shape index (κ1) is 28.9. The average Bonchev–Trinajstić information content (AvgIpc) is 2.89. The van der Waals surface area contributed by atoms with E-state index >= 15 is 0 Å². The maximum atomic E-state index is 14.0. The monoisotopic (exact) mass is 535 g/mol. The van der Waals surface area contributed by atoms with Crippen LogP contribution in [0, 0.1) is 20.8 Å². The lowest BCUT2D eigenvalue weighted by Gasteiger charge is -2.33. The highest BCUT2D eigenvalue weighted by Crippen LogP contribution is 2.28. The van der Waals surface area contributed by atoms with E-state index in [1.807, 2.05) is 71.0 Å². The molecule has 0 bridgehead atoms. The number of sulfonamides is 1. The molecule has 8 heteroatoms. The van der Waals surface area contributed by atoms with Gasteiger partial charge in [0.2, 0.25) is 11.8 Å². The van der Waals surface area contributed by atoms with Crippen molar-refractivity contribution in [1.29, 1.82) is 0 Å². The number of rotatable bonds is 11. The summed E-state index contributed by atoms with van der Waals surface area (Å²) in [5, 5.41) is 2.82. The van der Waals surface area contributed by atoms with Gasteiger partial charge >= 0.3 is 0 Å². The maximum absolute atomic E-state index is 14.0. The Labute approximate surface area is 226 Å². The fraction of sp³-hybridized carbons (Fsp3) is 0.333. The van der Waals surface area contributed by atoms with Crippen molar-refractivity contribution in [3.8, 4) is 0 Å². The van der Waals surface area contributed by atoms with E-state index in [2.05, 4.69) is 5.32 Å². The minimum atomic E-state index is -4.08. The molecule has 202 valence electrons. The summed E-state index contributed by atoms with van der Waals surface area (Å²) in [6, 6.07) is 20.6. The van der Waals surface area contributed by atoms with Gasteiger partial charge in [-0.15, -0.1) is 0 Å². The number of nitrogens with zero attached hydrogens (tertiary/aromatic N) is 2. The number of nitrogens with one attached hydrogen (secondary N) is 1. The number of carbonyl (C=O) groups excluding carboxylic acids is 2. The molecule has 0 aliphatic carbocycles. The standard InChI is InChI=1S/C30H37N3O4S/c1-6-27(30(35)31-7-2)32(20-25-13-11-12-22(3)18-25)29(34)21-33(28-19-23(4)16-17-24(28)5)38(36,37)26-14-9-8-10-15-26/h8-19,27H,6-7,20-21H2,1-5H3,(H,31,35)/t27-/m1/s1. The van der Waals surface area contributed by atoms with Gasteiger partial charge in [-0.3, -0.25) is 13.9 Å². The Morgan fingerprint density at radius 1 is 0.868 bits per heavy atom. The summed E-state index contributed by atoms with van der Waals surface area (Å²) >= 11 is 0. The molecule has 38 heavy (non-hydrogen) atoms. The van der Waals surface area contributed by atoms with E-state index in [1.165, 1.54) is 21.3 Å². The Hall–Kier alpha value is -3.65. The van der Waals surface area contributed by atoms with Gasteiger partial charge in [0.05, 0.1) is 10.6 Å². The summed E-state index contributed by atoms with van der Waals surface area (Å²) in [5.41, 5.74) is 3.93. The molecular weight excluding hydrogens is 498 g/mol. The molecule has 0 saturated heterocycles. The molecule has 0 aliphatic heterocycles. The first-order valence-electron chi connectivity index (χ1n) is 12.9. The molecule has 0 aliphatic rings. The topological polar surface area (TPSA) is 86.8 Å². The lowest BCUT2D eigenvalue weighted by atomic mass is 10.1. The minimum absolute atomic E-state index is 0.0923. The van der Waals surface area contributed by atoms with E-state index in [9.17, 15) is 18.0 Å². The zero-order valence-corrected chi connectivity index (χ0v) is 23.6. The highest BCUT2D eigenvalue weighted by molar-refractivity contribution is 7.92. The van der Waals surface area contributed by atoms with Crippen LogP contribution in [0.15, 0.2) is 77.7 Å². The highest BCUT2D eigenvalue weighted by Gasteiger charge is 2.34. The molecule has 0 unspecified atom stereocenters. The summed E-state index contributed by atoms with van der Waals surface area (Å²) in [7, 11) is -4.08. The van der Waals surface area contributed by atoms with Crippen molar-refractivity contribution in [1.82, 2.24) is 10.2 Å². The summed E-state index contributed by atoms with van der Waals surface area (Å²) in [6.45, 7) is 9.51. The molecule has 0 fully saturated rings. The van der Waals surface area contributed by atoms with Crippen LogP contribution in [-0.4, -0.2) is 44.3 Å². The van der Waals surface area contributed by atoms with Gasteiger partial charge in [-0.05, 0) is 69.0 Å². The number of likely N-dealkylation sites (N-methyl/N-ethyl adjacent to an activating group) is 1. The number of hydrogen-bond donors (Lipinski definition) is 1. The molecule has 3 aromatic carbocycles. The van der Waals surface area contributed by atoms with Crippen LogP contribution in [0.5, 0.6) is 0 Å². The second-order valence-corrected chi connectivity index (χ2v) is 11.3. The van der Waals surface area contributed by atoms with Crippen LogP contribution < -0.4 is 9.62 Å². The summed E-state index contributed by atoms with van der Waals surface area (Å²) < 4.78 is 29.0. The van der Waals surface area contributed by atoms with Crippen molar-refractivity contribution in [2.75, 3.05) is 17.4 Å². The quantitative estimate of drug-likeness (QED) is 0.384. The Morgan fingerprint density at radius 3 is 2.18 bits per heavy atom. The predicted molar refractivity (Wildman–Crippen MR) is 151 cm³/mol. The van der Waals surface area contributed by atoms with E-state index in [-0.39, 0.29) is 17.3 Å². The zero-order valence-electron chi connectivity index (χ0n) is 22.8. The normalized spacial score (nSPS) is 12.0. The van der Waals surface area contributed by atoms with Crippen molar-refractivity contribution in [3.05, 3.63) is 95.1 Å². The van der Waals surface area contributed by atoms with E-state index in [0.717, 1.165) is 22.3 Å². The van der Waals surface area contributed by atoms with Gasteiger partial charge < -0.3 is 10.2 Å². The van der Waals surface area contributed by atoms with Crippen molar-refractivity contribution < 1.29 is 18.0 Å². The summed E-state index contributed by atoms with van der Waals surface area (Å²) in [5.74, 6) is -0.717. The van der Waals surface area contributed by atoms with Crippen LogP contribution in [-0.2, 0) is 26.2 Å². The average molecular weight is 536 g/mol. The van der Waals surface area contributed by atoms with Gasteiger partial charge in [-0.2, -0.15) is 0 Å². The van der Waals surface area contributed by atoms with Gasteiger partial charge in [-0.1, -0.05) is 67.1 Å². The molecular formula is C30H37N3O4S. The molecule has 3 aromatic rings. The first-order valence-corrected chi connectivity index (χ1v) is 14.3. The predicted octanol–water partition coefficient (Wildman–Crippen LogP) is 4.75. The second-order valence-electron chi connectivity index (χ2n) is 9.44. The lowest BCUT2D eigenvalue weighted by molar-refractivity contribution is -0.140. The lowest BCUT2D eigenvalue weighted by Crippen LogP contribution is -2.52. The molecule has 1 atom stereocenters. The maximum Gasteiger partial charge on any atom is 0.264 e. The Kier molecular flexibility index (Phi) is 9.69. The zero-order chi connectivity index (χ0) is 27.9. The van der Waals surface area contributed by atoms with Crippen LogP contribution in [0.25, 0.3) is 0 Å². The van der Waals surface area contributed by atoms with Crippen LogP contribution in [0.3, 0.4) is 0 Å². The van der Waals surface area contributed by atoms with E-state index in [0.29, 0.717) is 18.7 Å². The number of aryl methyl sites for hydroxylation is 3. The van der Waals surface area contributed by atoms with Crippen LogP contribution in [0.4, 0.5) is 5.69 Å². The fourth-order valence-corrected chi connectivity index (χ4v) is 5.93. The third-order valence-corrected chi connectivity index (χ3v) is 8.19. The van der Waals surface area contributed by atoms with Crippen LogP contribution in [0.2, 0.25) is 0 Å². The number of benzene rings is 3. The van der Waals surface area contributed by atoms with Crippen molar-refractivity contribution in [2.24, 2.45) is 0 Å². The second kappa shape index (κ2) is 12.7. The molecule has 7 nitrogen and oxygen atoms in total. The molecule has 1 N–H and O–H groups in total. The van der Waals surface area contributed by atoms with E-state index < -0.39 is 28.5 Å². The number of amides is 2. The van der Waals surface area contributed by atoms with E-state index in [1.54, 1.807) is 24.3 Å². The third-order valence-electron chi connectivity index (χ3n) is 6.42. The molecule has 0 radical (unpaired) electrons. The largest absolute Gasteiger partial charge is 0.355 e. The van der Waals surface area contributed by atoms with Gasteiger partial charge in [0.25, 0.3) is 10.0 Å². The number of hydrogen-bond acceptors (Lipinski definition) is 4. The molecule has 0 aromatic heterocycles.